The fourth-order valence-corrected chi connectivity index (χ4v) is 2.18. The molecule has 0 heterocycles. The van der Waals surface area contributed by atoms with Crippen molar-refractivity contribution in [2.45, 2.75) is 40.2 Å². The van der Waals surface area contributed by atoms with Gasteiger partial charge in [-0.05, 0) is 30.4 Å². The molecular weight excluding hydrogens is 240 g/mol. The maximum Gasteiger partial charge on any atom is 0.269 e. The lowest BCUT2D eigenvalue weighted by molar-refractivity contribution is -0.384. The van der Waals surface area contributed by atoms with Crippen LogP contribution in [0.2, 0.25) is 0 Å². The molecule has 0 saturated carbocycles. The van der Waals surface area contributed by atoms with E-state index in [0.717, 1.165) is 18.5 Å². The van der Waals surface area contributed by atoms with E-state index >= 15 is 0 Å². The second-order valence-electron chi connectivity index (χ2n) is 5.39. The van der Waals surface area contributed by atoms with Crippen LogP contribution in [-0.2, 0) is 6.42 Å². The van der Waals surface area contributed by atoms with Gasteiger partial charge in [-0.15, -0.1) is 0 Å². The van der Waals surface area contributed by atoms with Crippen LogP contribution < -0.4 is 5.32 Å². The standard InChI is InChI=1S/C15H24N2O2/c1-5-16-15(12(4)11(2)3)10-13-6-8-14(9-7-13)17(18)19/h6-9,11-12,15-16H,5,10H2,1-4H3. The van der Waals surface area contributed by atoms with E-state index in [2.05, 4.69) is 33.0 Å². The quantitative estimate of drug-likeness (QED) is 0.606. The minimum absolute atomic E-state index is 0.153. The normalized spacial score (nSPS) is 14.4. The van der Waals surface area contributed by atoms with Crippen molar-refractivity contribution < 1.29 is 4.92 Å². The number of non-ortho nitro benzene ring substituents is 1. The Morgan fingerprint density at radius 1 is 1.21 bits per heavy atom. The van der Waals surface area contributed by atoms with Crippen molar-refractivity contribution in [3.63, 3.8) is 0 Å². The van der Waals surface area contributed by atoms with Crippen LogP contribution in [0, 0.1) is 22.0 Å². The van der Waals surface area contributed by atoms with Crippen LogP contribution in [0.3, 0.4) is 0 Å². The van der Waals surface area contributed by atoms with Crippen LogP contribution in [-0.4, -0.2) is 17.5 Å². The summed E-state index contributed by atoms with van der Waals surface area (Å²) in [4.78, 5) is 10.3. The van der Waals surface area contributed by atoms with Gasteiger partial charge in [-0.2, -0.15) is 0 Å². The van der Waals surface area contributed by atoms with Gasteiger partial charge in [0.25, 0.3) is 5.69 Å². The minimum atomic E-state index is -0.359. The average molecular weight is 264 g/mol. The molecule has 19 heavy (non-hydrogen) atoms. The van der Waals surface area contributed by atoms with Gasteiger partial charge in [-0.3, -0.25) is 10.1 Å². The number of benzene rings is 1. The van der Waals surface area contributed by atoms with Gasteiger partial charge in [0.2, 0.25) is 0 Å². The van der Waals surface area contributed by atoms with E-state index in [0.29, 0.717) is 17.9 Å². The minimum Gasteiger partial charge on any atom is -0.314 e. The zero-order valence-electron chi connectivity index (χ0n) is 12.2. The second kappa shape index (κ2) is 7.24. The Labute approximate surface area is 115 Å². The maximum absolute atomic E-state index is 10.6. The molecule has 1 aromatic rings. The molecule has 0 aromatic heterocycles. The fourth-order valence-electron chi connectivity index (χ4n) is 2.18. The second-order valence-corrected chi connectivity index (χ2v) is 5.39. The molecule has 0 aliphatic carbocycles. The number of nitrogens with zero attached hydrogens (tertiary/aromatic N) is 1. The van der Waals surface area contributed by atoms with Gasteiger partial charge in [0.1, 0.15) is 0 Å². The van der Waals surface area contributed by atoms with Crippen LogP contribution in [0.1, 0.15) is 33.3 Å². The van der Waals surface area contributed by atoms with Gasteiger partial charge in [0, 0.05) is 18.2 Å². The largest absolute Gasteiger partial charge is 0.314 e. The van der Waals surface area contributed by atoms with Gasteiger partial charge in [0.15, 0.2) is 0 Å². The first kappa shape index (κ1) is 15.6. The first-order chi connectivity index (χ1) is 8.95. The number of hydrogen-bond acceptors (Lipinski definition) is 3. The van der Waals surface area contributed by atoms with Crippen LogP contribution in [0.15, 0.2) is 24.3 Å². The van der Waals surface area contributed by atoms with Crippen LogP contribution in [0.4, 0.5) is 5.69 Å². The summed E-state index contributed by atoms with van der Waals surface area (Å²) in [6.07, 6.45) is 0.908. The highest BCUT2D eigenvalue weighted by molar-refractivity contribution is 5.33. The highest BCUT2D eigenvalue weighted by Gasteiger charge is 2.19. The van der Waals surface area contributed by atoms with Gasteiger partial charge >= 0.3 is 0 Å². The Hall–Kier alpha value is -1.42. The van der Waals surface area contributed by atoms with Crippen molar-refractivity contribution in [1.29, 1.82) is 0 Å². The van der Waals surface area contributed by atoms with E-state index in [-0.39, 0.29) is 10.6 Å². The van der Waals surface area contributed by atoms with Crippen molar-refractivity contribution in [3.05, 3.63) is 39.9 Å². The number of nitrogens with one attached hydrogen (secondary N) is 1. The van der Waals surface area contributed by atoms with E-state index in [9.17, 15) is 10.1 Å². The number of nitro groups is 1. The molecule has 0 fully saturated rings. The summed E-state index contributed by atoms with van der Waals surface area (Å²) in [6.45, 7) is 9.75. The van der Waals surface area contributed by atoms with E-state index in [1.54, 1.807) is 12.1 Å². The molecule has 0 spiro atoms. The monoisotopic (exact) mass is 264 g/mol. The van der Waals surface area contributed by atoms with Gasteiger partial charge < -0.3 is 5.32 Å². The predicted octanol–water partition coefficient (Wildman–Crippen LogP) is 3.41. The summed E-state index contributed by atoms with van der Waals surface area (Å²) in [5, 5.41) is 14.1. The lowest BCUT2D eigenvalue weighted by Gasteiger charge is -2.28. The smallest absolute Gasteiger partial charge is 0.269 e. The van der Waals surface area contributed by atoms with Crippen molar-refractivity contribution in [1.82, 2.24) is 5.32 Å². The van der Waals surface area contributed by atoms with Crippen molar-refractivity contribution >= 4 is 5.69 Å². The molecule has 0 saturated heterocycles. The molecule has 106 valence electrons. The Morgan fingerprint density at radius 2 is 1.79 bits per heavy atom. The molecule has 0 aliphatic rings. The summed E-state index contributed by atoms with van der Waals surface area (Å²) in [6, 6.07) is 7.29. The molecule has 4 heteroatoms. The third-order valence-electron chi connectivity index (χ3n) is 3.76. The number of likely N-dealkylation sites (N-methyl/N-ethyl adjacent to an activating group) is 1. The SMILES string of the molecule is CCNC(Cc1ccc([N+](=O)[O-])cc1)C(C)C(C)C. The third kappa shape index (κ3) is 4.63. The van der Waals surface area contributed by atoms with E-state index in [4.69, 9.17) is 0 Å². The van der Waals surface area contributed by atoms with Gasteiger partial charge in [-0.1, -0.05) is 39.8 Å². The molecule has 0 bridgehead atoms. The number of nitro benzene ring substituents is 1. The van der Waals surface area contributed by atoms with Crippen molar-refractivity contribution in [2.75, 3.05) is 6.54 Å². The number of rotatable bonds is 7. The molecule has 0 radical (unpaired) electrons. The summed E-state index contributed by atoms with van der Waals surface area (Å²) >= 11 is 0. The molecule has 1 rings (SSSR count). The Balaban J connectivity index is 2.76. The van der Waals surface area contributed by atoms with E-state index in [1.165, 1.54) is 0 Å². The lowest BCUT2D eigenvalue weighted by atomic mass is 9.86. The van der Waals surface area contributed by atoms with E-state index < -0.39 is 0 Å². The zero-order chi connectivity index (χ0) is 14.4. The lowest BCUT2D eigenvalue weighted by Crippen LogP contribution is -2.38. The maximum atomic E-state index is 10.6. The Bertz CT molecular complexity index is 401. The molecule has 4 nitrogen and oxygen atoms in total. The zero-order valence-corrected chi connectivity index (χ0v) is 12.2. The molecule has 1 aromatic carbocycles. The molecule has 2 unspecified atom stereocenters. The topological polar surface area (TPSA) is 55.2 Å². The van der Waals surface area contributed by atoms with Crippen molar-refractivity contribution in [3.8, 4) is 0 Å². The van der Waals surface area contributed by atoms with Gasteiger partial charge in [0.05, 0.1) is 4.92 Å². The molecule has 0 amide bonds. The van der Waals surface area contributed by atoms with Crippen LogP contribution in [0.5, 0.6) is 0 Å². The van der Waals surface area contributed by atoms with Crippen LogP contribution >= 0.6 is 0 Å². The summed E-state index contributed by atoms with van der Waals surface area (Å²) in [5.74, 6) is 1.18. The van der Waals surface area contributed by atoms with Crippen LogP contribution in [0.25, 0.3) is 0 Å². The highest BCUT2D eigenvalue weighted by atomic mass is 16.6. The van der Waals surface area contributed by atoms with E-state index in [1.807, 2.05) is 12.1 Å². The summed E-state index contributed by atoms with van der Waals surface area (Å²) in [7, 11) is 0. The molecule has 1 N–H and O–H groups in total. The Morgan fingerprint density at radius 3 is 2.21 bits per heavy atom. The first-order valence-corrected chi connectivity index (χ1v) is 6.92. The first-order valence-electron chi connectivity index (χ1n) is 6.92. The van der Waals surface area contributed by atoms with Gasteiger partial charge in [-0.25, -0.2) is 0 Å². The van der Waals surface area contributed by atoms with Crippen molar-refractivity contribution in [2.24, 2.45) is 11.8 Å². The molecule has 0 aliphatic heterocycles. The predicted molar refractivity (Wildman–Crippen MR) is 78.3 cm³/mol. The highest BCUT2D eigenvalue weighted by Crippen LogP contribution is 2.20. The Kier molecular flexibility index (Phi) is 5.96. The summed E-state index contributed by atoms with van der Waals surface area (Å²) in [5.41, 5.74) is 1.30. The molecule has 2 atom stereocenters. The number of hydrogen-bond donors (Lipinski definition) is 1. The average Bonchev–Trinajstić information content (AvgIpc) is 2.37. The molecular formula is C15H24N2O2. The fraction of sp³-hybridized carbons (Fsp3) is 0.600. The summed E-state index contributed by atoms with van der Waals surface area (Å²) < 4.78 is 0. The third-order valence-corrected chi connectivity index (χ3v) is 3.76.